The molecule has 2 rings (SSSR count). The SMILES string of the molecule is CCc1ccccc1NC(=O)c1cccc([N+](=O)[O-])c1. The maximum Gasteiger partial charge on any atom is 0.270 e. The molecule has 0 aliphatic rings. The number of hydrogen-bond acceptors (Lipinski definition) is 3. The van der Waals surface area contributed by atoms with Crippen LogP contribution in [0.3, 0.4) is 0 Å². The maximum absolute atomic E-state index is 12.1. The molecule has 0 atom stereocenters. The number of carbonyl (C=O) groups excluding carboxylic acids is 1. The zero-order chi connectivity index (χ0) is 14.5. The van der Waals surface area contributed by atoms with E-state index in [2.05, 4.69) is 5.32 Å². The lowest BCUT2D eigenvalue weighted by Gasteiger charge is -2.09. The van der Waals surface area contributed by atoms with Gasteiger partial charge in [0.25, 0.3) is 11.6 Å². The minimum atomic E-state index is -0.517. The highest BCUT2D eigenvalue weighted by molar-refractivity contribution is 6.05. The minimum absolute atomic E-state index is 0.0959. The van der Waals surface area contributed by atoms with E-state index >= 15 is 0 Å². The van der Waals surface area contributed by atoms with Crippen molar-refractivity contribution in [2.75, 3.05) is 5.32 Å². The van der Waals surface area contributed by atoms with Crippen LogP contribution in [0.25, 0.3) is 0 Å². The molecule has 2 aromatic carbocycles. The molecule has 0 spiro atoms. The number of rotatable bonds is 4. The van der Waals surface area contributed by atoms with Crippen molar-refractivity contribution in [1.82, 2.24) is 0 Å². The number of aryl methyl sites for hydroxylation is 1. The highest BCUT2D eigenvalue weighted by Crippen LogP contribution is 2.18. The van der Waals surface area contributed by atoms with E-state index in [0.29, 0.717) is 0 Å². The van der Waals surface area contributed by atoms with Crippen molar-refractivity contribution in [3.63, 3.8) is 0 Å². The number of amides is 1. The molecule has 0 aliphatic heterocycles. The number of nitro groups is 1. The first-order valence-corrected chi connectivity index (χ1v) is 6.25. The van der Waals surface area contributed by atoms with Gasteiger partial charge in [-0.15, -0.1) is 0 Å². The van der Waals surface area contributed by atoms with Gasteiger partial charge >= 0.3 is 0 Å². The quantitative estimate of drug-likeness (QED) is 0.683. The van der Waals surface area contributed by atoms with Crippen LogP contribution in [0.5, 0.6) is 0 Å². The zero-order valence-electron chi connectivity index (χ0n) is 11.0. The van der Waals surface area contributed by atoms with E-state index in [-0.39, 0.29) is 17.2 Å². The van der Waals surface area contributed by atoms with Crippen LogP contribution in [0.4, 0.5) is 11.4 Å². The van der Waals surface area contributed by atoms with Crippen molar-refractivity contribution in [3.8, 4) is 0 Å². The average Bonchev–Trinajstić information content (AvgIpc) is 2.48. The number of para-hydroxylation sites is 1. The van der Waals surface area contributed by atoms with E-state index in [1.807, 2.05) is 31.2 Å². The second-order valence-corrected chi connectivity index (χ2v) is 4.27. The van der Waals surface area contributed by atoms with E-state index in [9.17, 15) is 14.9 Å². The van der Waals surface area contributed by atoms with E-state index < -0.39 is 4.92 Å². The first-order valence-electron chi connectivity index (χ1n) is 6.25. The monoisotopic (exact) mass is 270 g/mol. The van der Waals surface area contributed by atoms with Crippen LogP contribution in [0.1, 0.15) is 22.8 Å². The number of nitrogens with zero attached hydrogens (tertiary/aromatic N) is 1. The summed E-state index contributed by atoms with van der Waals surface area (Å²) >= 11 is 0. The summed E-state index contributed by atoms with van der Waals surface area (Å²) in [5, 5.41) is 13.5. The standard InChI is InChI=1S/C15H14N2O3/c1-2-11-6-3-4-9-14(11)16-15(18)12-7-5-8-13(10-12)17(19)20/h3-10H,2H2,1H3,(H,16,18). The highest BCUT2D eigenvalue weighted by atomic mass is 16.6. The van der Waals surface area contributed by atoms with Gasteiger partial charge in [-0.3, -0.25) is 14.9 Å². The Morgan fingerprint density at radius 1 is 1.20 bits per heavy atom. The summed E-state index contributed by atoms with van der Waals surface area (Å²) in [7, 11) is 0. The summed E-state index contributed by atoms with van der Waals surface area (Å²) in [6, 6.07) is 13.2. The lowest BCUT2D eigenvalue weighted by atomic mass is 10.1. The minimum Gasteiger partial charge on any atom is -0.322 e. The van der Waals surface area contributed by atoms with Gasteiger partial charge in [0.05, 0.1) is 4.92 Å². The third kappa shape index (κ3) is 3.00. The van der Waals surface area contributed by atoms with Gasteiger partial charge < -0.3 is 5.32 Å². The molecule has 0 saturated heterocycles. The first-order chi connectivity index (χ1) is 9.61. The molecule has 5 heteroatoms. The summed E-state index contributed by atoms with van der Waals surface area (Å²) < 4.78 is 0. The first kappa shape index (κ1) is 13.7. The van der Waals surface area contributed by atoms with Crippen LogP contribution in [-0.4, -0.2) is 10.8 Å². The van der Waals surface area contributed by atoms with Crippen molar-refractivity contribution >= 4 is 17.3 Å². The molecule has 0 aromatic heterocycles. The molecule has 0 aliphatic carbocycles. The summed E-state index contributed by atoms with van der Waals surface area (Å²) in [4.78, 5) is 22.3. The van der Waals surface area contributed by atoms with E-state index in [1.165, 1.54) is 18.2 Å². The molecule has 2 aromatic rings. The summed E-state index contributed by atoms with van der Waals surface area (Å²) in [6.07, 6.45) is 0.797. The maximum atomic E-state index is 12.1. The number of benzene rings is 2. The molecule has 20 heavy (non-hydrogen) atoms. The lowest BCUT2D eigenvalue weighted by Crippen LogP contribution is -2.13. The Morgan fingerprint density at radius 2 is 1.95 bits per heavy atom. The molecule has 1 N–H and O–H groups in total. The van der Waals surface area contributed by atoms with Crippen LogP contribution < -0.4 is 5.32 Å². The fraction of sp³-hybridized carbons (Fsp3) is 0.133. The second kappa shape index (κ2) is 5.97. The van der Waals surface area contributed by atoms with Crippen LogP contribution in [0.2, 0.25) is 0 Å². The van der Waals surface area contributed by atoms with Gasteiger partial charge in [-0.05, 0) is 24.1 Å². The Balaban J connectivity index is 2.24. The van der Waals surface area contributed by atoms with Gasteiger partial charge in [-0.2, -0.15) is 0 Å². The molecule has 0 unspecified atom stereocenters. The Bertz CT molecular complexity index is 653. The van der Waals surface area contributed by atoms with Crippen LogP contribution >= 0.6 is 0 Å². The third-order valence-electron chi connectivity index (χ3n) is 2.97. The van der Waals surface area contributed by atoms with Gasteiger partial charge in [0.1, 0.15) is 0 Å². The predicted octanol–water partition coefficient (Wildman–Crippen LogP) is 3.41. The lowest BCUT2D eigenvalue weighted by molar-refractivity contribution is -0.384. The Hall–Kier alpha value is -2.69. The van der Waals surface area contributed by atoms with Gasteiger partial charge in [0, 0.05) is 23.4 Å². The van der Waals surface area contributed by atoms with E-state index in [1.54, 1.807) is 6.07 Å². The van der Waals surface area contributed by atoms with Crippen molar-refractivity contribution in [2.45, 2.75) is 13.3 Å². The molecule has 0 saturated carbocycles. The number of anilines is 1. The fourth-order valence-corrected chi connectivity index (χ4v) is 1.91. The summed E-state index contributed by atoms with van der Waals surface area (Å²) in [5.41, 5.74) is 1.92. The molecule has 5 nitrogen and oxygen atoms in total. The Kier molecular flexibility index (Phi) is 4.10. The largest absolute Gasteiger partial charge is 0.322 e. The van der Waals surface area contributed by atoms with E-state index in [4.69, 9.17) is 0 Å². The van der Waals surface area contributed by atoms with Gasteiger partial charge in [-0.25, -0.2) is 0 Å². The summed E-state index contributed by atoms with van der Waals surface area (Å²) in [5.74, 6) is -0.352. The number of carbonyl (C=O) groups is 1. The van der Waals surface area contributed by atoms with E-state index in [0.717, 1.165) is 17.7 Å². The number of hydrogen-bond donors (Lipinski definition) is 1. The van der Waals surface area contributed by atoms with Crippen LogP contribution in [-0.2, 0) is 6.42 Å². The molecule has 1 amide bonds. The molecular formula is C15H14N2O3. The molecular weight excluding hydrogens is 256 g/mol. The average molecular weight is 270 g/mol. The number of nitrogens with one attached hydrogen (secondary N) is 1. The van der Waals surface area contributed by atoms with Crippen molar-refractivity contribution < 1.29 is 9.72 Å². The van der Waals surface area contributed by atoms with Crippen molar-refractivity contribution in [2.24, 2.45) is 0 Å². The van der Waals surface area contributed by atoms with Gasteiger partial charge in [-0.1, -0.05) is 31.2 Å². The number of nitro benzene ring substituents is 1. The smallest absolute Gasteiger partial charge is 0.270 e. The van der Waals surface area contributed by atoms with Crippen molar-refractivity contribution in [3.05, 3.63) is 69.8 Å². The molecule has 102 valence electrons. The second-order valence-electron chi connectivity index (χ2n) is 4.27. The highest BCUT2D eigenvalue weighted by Gasteiger charge is 2.12. The number of non-ortho nitro benzene ring substituents is 1. The van der Waals surface area contributed by atoms with Crippen LogP contribution in [0, 0.1) is 10.1 Å². The third-order valence-corrected chi connectivity index (χ3v) is 2.97. The van der Waals surface area contributed by atoms with Gasteiger partial charge in [0.2, 0.25) is 0 Å². The summed E-state index contributed by atoms with van der Waals surface area (Å²) in [6.45, 7) is 2.00. The zero-order valence-corrected chi connectivity index (χ0v) is 11.0. The molecule has 0 heterocycles. The fourth-order valence-electron chi connectivity index (χ4n) is 1.91. The van der Waals surface area contributed by atoms with Gasteiger partial charge in [0.15, 0.2) is 0 Å². The molecule has 0 bridgehead atoms. The molecule has 0 fully saturated rings. The van der Waals surface area contributed by atoms with Crippen molar-refractivity contribution in [1.29, 1.82) is 0 Å². The molecule has 0 radical (unpaired) electrons. The predicted molar refractivity (Wildman–Crippen MR) is 76.9 cm³/mol. The Labute approximate surface area is 116 Å². The normalized spacial score (nSPS) is 10.1. The topological polar surface area (TPSA) is 72.2 Å². The van der Waals surface area contributed by atoms with Crippen LogP contribution in [0.15, 0.2) is 48.5 Å². The Morgan fingerprint density at radius 3 is 2.65 bits per heavy atom.